The van der Waals surface area contributed by atoms with Crippen molar-refractivity contribution in [1.29, 1.82) is 0 Å². The van der Waals surface area contributed by atoms with Gasteiger partial charge >= 0.3 is 16.5 Å². The van der Waals surface area contributed by atoms with Crippen LogP contribution in [0, 0.1) is 0 Å². The van der Waals surface area contributed by atoms with E-state index >= 15 is 0 Å². The molecule has 1 N–H and O–H groups in total. The molecule has 196 valence electrons. The van der Waals surface area contributed by atoms with E-state index in [9.17, 15) is 15.0 Å². The molecule has 6 nitrogen and oxygen atoms in total. The Morgan fingerprint density at radius 1 is 0.919 bits per heavy atom. The van der Waals surface area contributed by atoms with Crippen LogP contribution in [0.5, 0.6) is 0 Å². The number of aliphatic imine (C=N–C) groups is 2. The summed E-state index contributed by atoms with van der Waals surface area (Å²) in [6.45, 7) is 7.52. The van der Waals surface area contributed by atoms with E-state index in [1.54, 1.807) is 26.0 Å². The first-order chi connectivity index (χ1) is 17.2. The van der Waals surface area contributed by atoms with Crippen molar-refractivity contribution in [2.24, 2.45) is 9.98 Å². The molecule has 0 unspecified atom stereocenters. The van der Waals surface area contributed by atoms with Gasteiger partial charge in [0, 0.05) is 22.7 Å². The SMILES string of the molecule is CCC[C@@H](N=C(c1ccccc1)c1ccccc1N=C([O-])C(C)(C)N[C@@H](C)c1ccccc1)C(=O)[O-].[Ni+2]. The fraction of sp³-hybridized carbons (Fsp3) is 0.300. The quantitative estimate of drug-likeness (QED) is 0.225. The van der Waals surface area contributed by atoms with Gasteiger partial charge in [0.1, 0.15) is 0 Å². The first-order valence-electron chi connectivity index (χ1n) is 12.2. The maximum absolute atomic E-state index is 13.4. The Hall–Kier alpha value is -3.28. The van der Waals surface area contributed by atoms with Gasteiger partial charge in [0.2, 0.25) is 0 Å². The second-order valence-electron chi connectivity index (χ2n) is 9.30. The number of hydrogen-bond donors (Lipinski definition) is 1. The largest absolute Gasteiger partial charge is 2.00 e. The van der Waals surface area contributed by atoms with Crippen molar-refractivity contribution in [3.8, 4) is 0 Å². The van der Waals surface area contributed by atoms with E-state index in [0.717, 1.165) is 11.1 Å². The van der Waals surface area contributed by atoms with Crippen molar-refractivity contribution in [3.05, 3.63) is 102 Å². The van der Waals surface area contributed by atoms with Crippen molar-refractivity contribution >= 4 is 23.3 Å². The van der Waals surface area contributed by atoms with Crippen molar-refractivity contribution in [2.45, 2.75) is 58.2 Å². The minimum atomic E-state index is -1.23. The van der Waals surface area contributed by atoms with E-state index in [1.807, 2.05) is 86.6 Å². The molecule has 0 spiro atoms. The van der Waals surface area contributed by atoms with Crippen molar-refractivity contribution in [1.82, 2.24) is 5.32 Å². The third kappa shape index (κ3) is 8.11. The molecule has 0 aliphatic heterocycles. The number of hydrogen-bond acceptors (Lipinski definition) is 6. The number of carbonyl (C=O) groups excluding carboxylic acids is 1. The number of para-hydroxylation sites is 1. The number of carboxylic acid groups (broad SMARTS) is 1. The van der Waals surface area contributed by atoms with E-state index in [0.29, 0.717) is 29.8 Å². The summed E-state index contributed by atoms with van der Waals surface area (Å²) in [6, 6.07) is 25.4. The second-order valence-corrected chi connectivity index (χ2v) is 9.30. The minimum absolute atomic E-state index is 0. The Kier molecular flexibility index (Phi) is 11.2. The molecule has 0 fully saturated rings. The molecule has 0 amide bonds. The molecule has 0 aliphatic rings. The molecule has 7 heteroatoms. The summed E-state index contributed by atoms with van der Waals surface area (Å²) >= 11 is 0. The maximum Gasteiger partial charge on any atom is 2.00 e. The molecule has 0 radical (unpaired) electrons. The van der Waals surface area contributed by atoms with Gasteiger partial charge in [-0.15, -0.1) is 0 Å². The third-order valence-electron chi connectivity index (χ3n) is 5.96. The molecular formula is C30H33N3NiO3. The molecule has 0 bridgehead atoms. The zero-order valence-corrected chi connectivity index (χ0v) is 22.6. The van der Waals surface area contributed by atoms with Crippen LogP contribution < -0.4 is 15.5 Å². The van der Waals surface area contributed by atoms with Crippen LogP contribution in [0.3, 0.4) is 0 Å². The van der Waals surface area contributed by atoms with Crippen LogP contribution in [0.2, 0.25) is 0 Å². The summed E-state index contributed by atoms with van der Waals surface area (Å²) in [4.78, 5) is 20.9. The molecule has 0 heterocycles. The van der Waals surface area contributed by atoms with Gasteiger partial charge in [0.05, 0.1) is 23.4 Å². The molecule has 0 saturated heterocycles. The topological polar surface area (TPSA) is 99.9 Å². The first-order valence-corrected chi connectivity index (χ1v) is 12.2. The zero-order valence-electron chi connectivity index (χ0n) is 21.6. The van der Waals surface area contributed by atoms with Gasteiger partial charge in [0.15, 0.2) is 0 Å². The summed E-state index contributed by atoms with van der Waals surface area (Å²) in [7, 11) is 0. The summed E-state index contributed by atoms with van der Waals surface area (Å²) in [5, 5.41) is 28.5. The summed E-state index contributed by atoms with van der Waals surface area (Å²) in [5.41, 5.74) is 2.36. The van der Waals surface area contributed by atoms with Gasteiger partial charge in [-0.3, -0.25) is 9.98 Å². The van der Waals surface area contributed by atoms with Gasteiger partial charge < -0.3 is 20.3 Å². The van der Waals surface area contributed by atoms with Crippen LogP contribution in [0.15, 0.2) is 94.9 Å². The van der Waals surface area contributed by atoms with Crippen LogP contribution in [-0.2, 0) is 21.3 Å². The van der Waals surface area contributed by atoms with Crippen LogP contribution >= 0.6 is 0 Å². The second kappa shape index (κ2) is 13.9. The number of nitrogens with one attached hydrogen (secondary N) is 1. The first kappa shape index (κ1) is 30.0. The van der Waals surface area contributed by atoms with Gasteiger partial charge in [-0.25, -0.2) is 0 Å². The predicted octanol–water partition coefficient (Wildman–Crippen LogP) is 3.96. The molecule has 0 saturated carbocycles. The van der Waals surface area contributed by atoms with Gasteiger partial charge in [-0.2, -0.15) is 0 Å². The van der Waals surface area contributed by atoms with Gasteiger partial charge in [0.25, 0.3) is 0 Å². The number of aliphatic carboxylic acids is 1. The van der Waals surface area contributed by atoms with Crippen LogP contribution in [0.1, 0.15) is 63.3 Å². The zero-order chi connectivity index (χ0) is 26.1. The van der Waals surface area contributed by atoms with E-state index < -0.39 is 17.6 Å². The smallest absolute Gasteiger partial charge is 0.860 e. The number of carbonyl (C=O) groups is 1. The van der Waals surface area contributed by atoms with Crippen molar-refractivity contribution < 1.29 is 31.5 Å². The Balaban J connectivity index is 0.00000481. The molecule has 3 aromatic rings. The summed E-state index contributed by atoms with van der Waals surface area (Å²) < 4.78 is 0. The standard InChI is InChI=1S/C30H35N3O3.Ni/c1-5-14-26(28(34)35)31-27(23-17-10-7-11-18-23)24-19-12-13-20-25(24)32-29(36)30(3,4)33-21(2)22-15-8-6-9-16-22;/h6-13,15-21,26,33H,5,14H2,1-4H3,(H,32,36)(H,34,35);/q;+2/p-2/t21-,26+;/m0./s1. The fourth-order valence-corrected chi connectivity index (χ4v) is 4.01. The molecular weight excluding hydrogens is 509 g/mol. The van der Waals surface area contributed by atoms with Crippen LogP contribution in [-0.4, -0.2) is 29.2 Å². The number of benzene rings is 3. The van der Waals surface area contributed by atoms with Crippen molar-refractivity contribution in [2.75, 3.05) is 0 Å². The van der Waals surface area contributed by atoms with E-state index in [4.69, 9.17) is 0 Å². The normalized spacial score (nSPS) is 13.9. The average Bonchev–Trinajstić information content (AvgIpc) is 2.87. The van der Waals surface area contributed by atoms with E-state index in [-0.39, 0.29) is 28.4 Å². The van der Waals surface area contributed by atoms with Gasteiger partial charge in [-0.1, -0.05) is 92.2 Å². The number of nitrogens with zero attached hydrogens (tertiary/aromatic N) is 2. The third-order valence-corrected chi connectivity index (χ3v) is 5.96. The molecule has 0 aromatic heterocycles. The molecule has 37 heavy (non-hydrogen) atoms. The van der Waals surface area contributed by atoms with E-state index in [1.165, 1.54) is 0 Å². The Bertz CT molecular complexity index is 1210. The van der Waals surface area contributed by atoms with Crippen molar-refractivity contribution in [3.63, 3.8) is 0 Å². The Morgan fingerprint density at radius 2 is 1.49 bits per heavy atom. The Morgan fingerprint density at radius 3 is 2.08 bits per heavy atom. The number of carboxylic acids is 1. The van der Waals surface area contributed by atoms with E-state index in [2.05, 4.69) is 15.3 Å². The summed E-state index contributed by atoms with van der Waals surface area (Å²) in [5.74, 6) is -1.56. The molecule has 3 rings (SSSR count). The fourth-order valence-electron chi connectivity index (χ4n) is 4.01. The molecule has 3 aromatic carbocycles. The van der Waals surface area contributed by atoms with Crippen LogP contribution in [0.25, 0.3) is 0 Å². The molecule has 0 aliphatic carbocycles. The number of rotatable bonds is 11. The summed E-state index contributed by atoms with van der Waals surface area (Å²) in [6.07, 6.45) is 0.999. The minimum Gasteiger partial charge on any atom is -0.860 e. The molecule has 2 atom stereocenters. The predicted molar refractivity (Wildman–Crippen MR) is 141 cm³/mol. The van der Waals surface area contributed by atoms with Crippen LogP contribution in [0.4, 0.5) is 5.69 Å². The monoisotopic (exact) mass is 541 g/mol. The Labute approximate surface area is 229 Å². The average molecular weight is 542 g/mol. The van der Waals surface area contributed by atoms with Gasteiger partial charge in [-0.05, 0) is 44.7 Å². The maximum atomic E-state index is 13.4.